The van der Waals surface area contributed by atoms with Crippen molar-refractivity contribution in [1.82, 2.24) is 20.5 Å². The van der Waals surface area contributed by atoms with E-state index >= 15 is 0 Å². The average Bonchev–Trinajstić information content (AvgIpc) is 3.34. The summed E-state index contributed by atoms with van der Waals surface area (Å²) < 4.78 is 0. The van der Waals surface area contributed by atoms with Gasteiger partial charge in [-0.25, -0.2) is 9.98 Å². The molecule has 3 heterocycles. The molecule has 1 aliphatic heterocycles. The third-order valence-corrected chi connectivity index (χ3v) is 6.68. The molecule has 0 aliphatic carbocycles. The summed E-state index contributed by atoms with van der Waals surface area (Å²) in [6, 6.07) is 2.12. The zero-order valence-electron chi connectivity index (χ0n) is 16.4. The molecule has 0 aromatic carbocycles. The maximum Gasteiger partial charge on any atom is 0.244 e. The molecule has 9 heteroatoms. The highest BCUT2D eigenvalue weighted by Crippen LogP contribution is 2.23. The second-order valence-corrected chi connectivity index (χ2v) is 8.58. The first-order valence-corrected chi connectivity index (χ1v) is 11.2. The van der Waals surface area contributed by atoms with Crippen LogP contribution in [0.4, 0.5) is 0 Å². The second kappa shape index (κ2) is 11.7. The Morgan fingerprint density at radius 3 is 2.96 bits per heavy atom. The maximum atomic E-state index is 12.5. The SMILES string of the molecule is CCNC(=NCC(=O)N1CCc2sccc2C1)NCCc1ncc(CC)s1.I. The molecule has 28 heavy (non-hydrogen) atoms. The predicted molar refractivity (Wildman–Crippen MR) is 128 cm³/mol. The maximum absolute atomic E-state index is 12.5. The number of carbonyl (C=O) groups excluding carboxylic acids is 1. The molecule has 6 nitrogen and oxygen atoms in total. The van der Waals surface area contributed by atoms with Crippen LogP contribution in [0.1, 0.15) is 34.2 Å². The number of halogens is 1. The van der Waals surface area contributed by atoms with Crippen LogP contribution in [-0.2, 0) is 30.6 Å². The Balaban J connectivity index is 0.00000280. The number of guanidine groups is 1. The minimum Gasteiger partial charge on any atom is -0.357 e. The molecule has 0 atom stereocenters. The van der Waals surface area contributed by atoms with Crippen LogP contribution >= 0.6 is 46.7 Å². The van der Waals surface area contributed by atoms with E-state index in [1.54, 1.807) is 22.7 Å². The number of thiophene rings is 1. The van der Waals surface area contributed by atoms with Gasteiger partial charge in [-0.1, -0.05) is 6.92 Å². The summed E-state index contributed by atoms with van der Waals surface area (Å²) in [7, 11) is 0. The Kier molecular flexibility index (Phi) is 9.66. The molecular formula is C19H28IN5OS2. The van der Waals surface area contributed by atoms with Crippen molar-refractivity contribution in [2.45, 2.75) is 39.7 Å². The van der Waals surface area contributed by atoms with Crippen LogP contribution in [0, 0.1) is 0 Å². The van der Waals surface area contributed by atoms with Gasteiger partial charge in [0.15, 0.2) is 5.96 Å². The predicted octanol–water partition coefficient (Wildman–Crippen LogP) is 3.07. The van der Waals surface area contributed by atoms with E-state index in [9.17, 15) is 4.79 Å². The fourth-order valence-corrected chi connectivity index (χ4v) is 4.72. The van der Waals surface area contributed by atoms with Gasteiger partial charge >= 0.3 is 0 Å². The van der Waals surface area contributed by atoms with E-state index in [0.717, 1.165) is 43.9 Å². The summed E-state index contributed by atoms with van der Waals surface area (Å²) in [4.78, 5) is 26.1. The van der Waals surface area contributed by atoms with Crippen LogP contribution in [0.2, 0.25) is 0 Å². The molecule has 1 amide bonds. The topological polar surface area (TPSA) is 69.6 Å². The molecule has 3 rings (SSSR count). The van der Waals surface area contributed by atoms with Crippen LogP contribution in [-0.4, -0.2) is 47.9 Å². The molecule has 0 saturated carbocycles. The summed E-state index contributed by atoms with van der Waals surface area (Å²) in [6.45, 7) is 7.35. The number of aromatic nitrogens is 1. The van der Waals surface area contributed by atoms with Gasteiger partial charge in [0.25, 0.3) is 0 Å². The van der Waals surface area contributed by atoms with Crippen LogP contribution in [0.3, 0.4) is 0 Å². The van der Waals surface area contributed by atoms with Crippen molar-refractivity contribution in [3.05, 3.63) is 38.0 Å². The highest BCUT2D eigenvalue weighted by atomic mass is 127. The lowest BCUT2D eigenvalue weighted by molar-refractivity contribution is -0.130. The first-order valence-electron chi connectivity index (χ1n) is 9.48. The molecule has 2 aromatic heterocycles. The summed E-state index contributed by atoms with van der Waals surface area (Å²) in [5.74, 6) is 0.767. The number of hydrogen-bond donors (Lipinski definition) is 2. The third-order valence-electron chi connectivity index (χ3n) is 4.46. The van der Waals surface area contributed by atoms with E-state index in [4.69, 9.17) is 0 Å². The van der Waals surface area contributed by atoms with Crippen molar-refractivity contribution in [3.63, 3.8) is 0 Å². The lowest BCUT2D eigenvalue weighted by Crippen LogP contribution is -2.40. The van der Waals surface area contributed by atoms with E-state index in [2.05, 4.69) is 39.0 Å². The van der Waals surface area contributed by atoms with Gasteiger partial charge in [-0.2, -0.15) is 0 Å². The molecule has 0 fully saturated rings. The summed E-state index contributed by atoms with van der Waals surface area (Å²) in [6.07, 6.45) is 4.79. The normalized spacial score (nSPS) is 13.6. The summed E-state index contributed by atoms with van der Waals surface area (Å²) >= 11 is 3.54. The quantitative estimate of drug-likeness (QED) is 0.326. The van der Waals surface area contributed by atoms with E-state index in [0.29, 0.717) is 12.5 Å². The van der Waals surface area contributed by atoms with Crippen LogP contribution in [0.5, 0.6) is 0 Å². The van der Waals surface area contributed by atoms with Gasteiger partial charge in [0, 0.05) is 48.6 Å². The van der Waals surface area contributed by atoms with E-state index in [1.807, 2.05) is 18.0 Å². The van der Waals surface area contributed by atoms with Gasteiger partial charge < -0.3 is 15.5 Å². The minimum absolute atomic E-state index is 0. The van der Waals surface area contributed by atoms with Gasteiger partial charge in [0.2, 0.25) is 5.91 Å². The smallest absolute Gasteiger partial charge is 0.244 e. The lowest BCUT2D eigenvalue weighted by Gasteiger charge is -2.26. The number of aryl methyl sites for hydroxylation is 1. The molecule has 0 saturated heterocycles. The lowest BCUT2D eigenvalue weighted by atomic mass is 10.1. The number of hydrogen-bond acceptors (Lipinski definition) is 5. The Morgan fingerprint density at radius 2 is 2.21 bits per heavy atom. The van der Waals surface area contributed by atoms with Gasteiger partial charge in [-0.05, 0) is 36.8 Å². The van der Waals surface area contributed by atoms with Crippen molar-refractivity contribution in [2.24, 2.45) is 4.99 Å². The average molecular weight is 534 g/mol. The molecular weight excluding hydrogens is 505 g/mol. The largest absolute Gasteiger partial charge is 0.357 e. The standard InChI is InChI=1S/C19H27N5OS2.HI/c1-3-15-11-22-17(27-15)5-8-21-19(20-4-2)23-12-18(25)24-9-6-16-14(13-24)7-10-26-16;/h7,10-11H,3-6,8-9,12-13H2,1-2H3,(H2,20,21,23);1H. The molecule has 0 spiro atoms. The Hall–Kier alpha value is -1.20. The van der Waals surface area contributed by atoms with Gasteiger partial charge in [-0.15, -0.1) is 46.7 Å². The molecule has 154 valence electrons. The molecule has 0 unspecified atom stereocenters. The fraction of sp³-hybridized carbons (Fsp3) is 0.526. The number of nitrogens with zero attached hydrogens (tertiary/aromatic N) is 3. The van der Waals surface area contributed by atoms with Crippen molar-refractivity contribution >= 4 is 58.5 Å². The van der Waals surface area contributed by atoms with Crippen LogP contribution in [0.25, 0.3) is 0 Å². The first-order chi connectivity index (χ1) is 13.2. The van der Waals surface area contributed by atoms with Gasteiger partial charge in [0.05, 0.1) is 5.01 Å². The molecule has 0 bridgehead atoms. The number of rotatable bonds is 7. The highest BCUT2D eigenvalue weighted by molar-refractivity contribution is 14.0. The number of aliphatic imine (C=N–C) groups is 1. The zero-order valence-corrected chi connectivity index (χ0v) is 20.3. The molecule has 1 aliphatic rings. The number of fused-ring (bicyclic) bond motifs is 1. The number of carbonyl (C=O) groups is 1. The van der Waals surface area contributed by atoms with Gasteiger partial charge in [-0.3, -0.25) is 4.79 Å². The Morgan fingerprint density at radius 1 is 1.36 bits per heavy atom. The number of nitrogens with one attached hydrogen (secondary N) is 2. The second-order valence-electron chi connectivity index (χ2n) is 6.38. The van der Waals surface area contributed by atoms with Gasteiger partial charge in [0.1, 0.15) is 6.54 Å². The van der Waals surface area contributed by atoms with Crippen LogP contribution < -0.4 is 10.6 Å². The van der Waals surface area contributed by atoms with E-state index < -0.39 is 0 Å². The van der Waals surface area contributed by atoms with Crippen molar-refractivity contribution < 1.29 is 4.79 Å². The monoisotopic (exact) mass is 533 g/mol. The molecule has 2 N–H and O–H groups in total. The van der Waals surface area contributed by atoms with Crippen molar-refractivity contribution in [1.29, 1.82) is 0 Å². The minimum atomic E-state index is 0. The summed E-state index contributed by atoms with van der Waals surface area (Å²) in [5, 5.41) is 9.75. The third kappa shape index (κ3) is 6.41. The fourth-order valence-electron chi connectivity index (χ4n) is 2.96. The number of amides is 1. The number of thiazole rings is 1. The Bertz CT molecular complexity index is 789. The highest BCUT2D eigenvalue weighted by Gasteiger charge is 2.21. The van der Waals surface area contributed by atoms with E-state index in [1.165, 1.54) is 15.3 Å². The van der Waals surface area contributed by atoms with Crippen molar-refractivity contribution in [3.8, 4) is 0 Å². The zero-order chi connectivity index (χ0) is 19.1. The first kappa shape index (κ1) is 23.1. The van der Waals surface area contributed by atoms with Crippen LogP contribution in [0.15, 0.2) is 22.6 Å². The summed E-state index contributed by atoms with van der Waals surface area (Å²) in [5.41, 5.74) is 1.28. The van der Waals surface area contributed by atoms with E-state index in [-0.39, 0.29) is 36.4 Å². The molecule has 2 aromatic rings. The Labute approximate surface area is 191 Å². The van der Waals surface area contributed by atoms with Crippen molar-refractivity contribution in [2.75, 3.05) is 26.2 Å². The molecule has 0 radical (unpaired) electrons.